The number of hydrogen-bond donors (Lipinski definition) is 3. The number of rotatable bonds is 6. The second-order valence-corrected chi connectivity index (χ2v) is 7.46. The molecule has 0 aromatic heterocycles. The molecule has 0 fully saturated rings. The Balaban J connectivity index is 2.76. The Morgan fingerprint density at radius 3 is 2.37 bits per heavy atom. The van der Waals surface area contributed by atoms with Crippen LogP contribution in [0.4, 0.5) is 0 Å². The van der Waals surface area contributed by atoms with E-state index >= 15 is 0 Å². The Morgan fingerprint density at radius 1 is 1.37 bits per heavy atom. The quantitative estimate of drug-likeness (QED) is 0.697. The van der Waals surface area contributed by atoms with Gasteiger partial charge >= 0.3 is 7.60 Å². The molecule has 1 aromatic carbocycles. The zero-order chi connectivity index (χ0) is 14.7. The van der Waals surface area contributed by atoms with Gasteiger partial charge in [-0.2, -0.15) is 0 Å². The van der Waals surface area contributed by atoms with Crippen molar-refractivity contribution < 1.29 is 19.1 Å². The van der Waals surface area contributed by atoms with E-state index < -0.39 is 18.8 Å². The van der Waals surface area contributed by atoms with Crippen molar-refractivity contribution >= 4 is 7.60 Å². The van der Waals surface area contributed by atoms with Crippen molar-refractivity contribution in [3.05, 3.63) is 35.4 Å². The van der Waals surface area contributed by atoms with Crippen LogP contribution < -0.4 is 5.73 Å². The third-order valence-corrected chi connectivity index (χ3v) is 4.34. The van der Waals surface area contributed by atoms with Crippen LogP contribution in [0, 0.1) is 12.3 Å². The first-order valence-corrected chi connectivity index (χ1v) is 7.73. The summed E-state index contributed by atoms with van der Waals surface area (Å²) in [6.07, 6.45) is 0. The molecular weight excluding hydrogens is 265 g/mol. The van der Waals surface area contributed by atoms with E-state index in [2.05, 4.69) is 0 Å². The van der Waals surface area contributed by atoms with Gasteiger partial charge in [0, 0.05) is 5.41 Å². The molecular formula is C13H22NO4P. The zero-order valence-corrected chi connectivity index (χ0v) is 12.4. The van der Waals surface area contributed by atoms with E-state index in [0.29, 0.717) is 5.56 Å². The van der Waals surface area contributed by atoms with Crippen LogP contribution in [0.25, 0.3) is 0 Å². The van der Waals surface area contributed by atoms with Crippen molar-refractivity contribution in [1.82, 2.24) is 0 Å². The van der Waals surface area contributed by atoms with Gasteiger partial charge in [-0.25, -0.2) is 0 Å². The SMILES string of the molecule is Cc1ccc(C(N)P(=O)(O)OCC(C)(C)CO)cc1. The average molecular weight is 287 g/mol. The van der Waals surface area contributed by atoms with Gasteiger partial charge in [-0.3, -0.25) is 4.57 Å². The fraction of sp³-hybridized carbons (Fsp3) is 0.538. The lowest BCUT2D eigenvalue weighted by molar-refractivity contribution is 0.0891. The molecule has 5 nitrogen and oxygen atoms in total. The lowest BCUT2D eigenvalue weighted by Gasteiger charge is -2.25. The highest BCUT2D eigenvalue weighted by Gasteiger charge is 2.33. The molecule has 0 aliphatic rings. The highest BCUT2D eigenvalue weighted by Crippen LogP contribution is 2.54. The summed E-state index contributed by atoms with van der Waals surface area (Å²) in [6, 6.07) is 7.08. The van der Waals surface area contributed by atoms with Crippen LogP contribution in [0.5, 0.6) is 0 Å². The van der Waals surface area contributed by atoms with E-state index in [9.17, 15) is 9.46 Å². The maximum absolute atomic E-state index is 12.1. The van der Waals surface area contributed by atoms with Crippen molar-refractivity contribution in [2.24, 2.45) is 11.1 Å². The minimum atomic E-state index is -3.96. The molecule has 4 N–H and O–H groups in total. The predicted octanol–water partition coefficient (Wildman–Crippen LogP) is 2.17. The van der Waals surface area contributed by atoms with Gasteiger partial charge in [-0.05, 0) is 12.5 Å². The molecule has 2 unspecified atom stereocenters. The number of aryl methyl sites for hydroxylation is 1. The number of nitrogens with two attached hydrogens (primary N) is 1. The molecule has 0 spiro atoms. The van der Waals surface area contributed by atoms with Crippen molar-refractivity contribution in [2.45, 2.75) is 26.6 Å². The molecule has 0 amide bonds. The summed E-state index contributed by atoms with van der Waals surface area (Å²) >= 11 is 0. The lowest BCUT2D eigenvalue weighted by atomic mass is 9.97. The van der Waals surface area contributed by atoms with Gasteiger partial charge in [0.15, 0.2) is 0 Å². The average Bonchev–Trinajstić information content (AvgIpc) is 2.37. The fourth-order valence-corrected chi connectivity index (χ4v) is 2.59. The van der Waals surface area contributed by atoms with Gasteiger partial charge in [0.25, 0.3) is 0 Å². The van der Waals surface area contributed by atoms with Crippen LogP contribution in [0.2, 0.25) is 0 Å². The number of hydrogen-bond acceptors (Lipinski definition) is 4. The molecule has 6 heteroatoms. The molecule has 0 radical (unpaired) electrons. The Labute approximate surface area is 113 Å². The number of benzene rings is 1. The van der Waals surface area contributed by atoms with Crippen molar-refractivity contribution in [1.29, 1.82) is 0 Å². The minimum absolute atomic E-state index is 0.0309. The second-order valence-electron chi connectivity index (χ2n) is 5.52. The molecule has 108 valence electrons. The van der Waals surface area contributed by atoms with Crippen molar-refractivity contribution in [3.63, 3.8) is 0 Å². The summed E-state index contributed by atoms with van der Waals surface area (Å²) in [6.45, 7) is 5.24. The van der Waals surface area contributed by atoms with E-state index in [4.69, 9.17) is 15.4 Å². The molecule has 0 saturated heterocycles. The topological polar surface area (TPSA) is 92.8 Å². The molecule has 0 aliphatic heterocycles. The van der Waals surface area contributed by atoms with Gasteiger partial charge in [0.05, 0.1) is 13.2 Å². The van der Waals surface area contributed by atoms with Gasteiger partial charge in [-0.15, -0.1) is 0 Å². The molecule has 19 heavy (non-hydrogen) atoms. The third-order valence-electron chi connectivity index (χ3n) is 2.84. The zero-order valence-electron chi connectivity index (χ0n) is 11.5. The Kier molecular flexibility index (Phi) is 5.30. The smallest absolute Gasteiger partial charge is 0.349 e. The molecule has 0 bridgehead atoms. The maximum Gasteiger partial charge on any atom is 0.349 e. The van der Waals surface area contributed by atoms with Gasteiger partial charge in [0.2, 0.25) is 0 Å². The molecule has 0 heterocycles. The standard InChI is InChI=1S/C13H22NO4P/c1-10-4-6-11(7-5-10)12(14)19(16,17)18-9-13(2,3)8-15/h4-7,12,15H,8-9,14H2,1-3H3,(H,16,17). The van der Waals surface area contributed by atoms with Gasteiger partial charge in [0.1, 0.15) is 5.78 Å². The van der Waals surface area contributed by atoms with Crippen LogP contribution in [0.15, 0.2) is 24.3 Å². The Bertz CT molecular complexity index is 458. The Morgan fingerprint density at radius 2 is 1.89 bits per heavy atom. The predicted molar refractivity (Wildman–Crippen MR) is 74.8 cm³/mol. The highest BCUT2D eigenvalue weighted by molar-refractivity contribution is 7.53. The van der Waals surface area contributed by atoms with Crippen molar-refractivity contribution in [2.75, 3.05) is 13.2 Å². The highest BCUT2D eigenvalue weighted by atomic mass is 31.2. The molecule has 1 aromatic rings. The van der Waals surface area contributed by atoms with E-state index in [1.54, 1.807) is 26.0 Å². The molecule has 2 atom stereocenters. The summed E-state index contributed by atoms with van der Waals surface area (Å²) < 4.78 is 17.1. The van der Waals surface area contributed by atoms with Crippen LogP contribution in [0.1, 0.15) is 30.8 Å². The van der Waals surface area contributed by atoms with E-state index in [1.165, 1.54) is 0 Å². The third kappa shape index (κ3) is 4.71. The van der Waals surface area contributed by atoms with Crippen LogP contribution >= 0.6 is 7.60 Å². The minimum Gasteiger partial charge on any atom is -0.396 e. The lowest BCUT2D eigenvalue weighted by Crippen LogP contribution is -2.24. The monoisotopic (exact) mass is 287 g/mol. The van der Waals surface area contributed by atoms with Gasteiger partial charge in [-0.1, -0.05) is 43.7 Å². The largest absolute Gasteiger partial charge is 0.396 e. The summed E-state index contributed by atoms with van der Waals surface area (Å²) in [4.78, 5) is 9.89. The summed E-state index contributed by atoms with van der Waals surface area (Å²) in [5.41, 5.74) is 6.82. The van der Waals surface area contributed by atoms with Gasteiger partial charge < -0.3 is 20.3 Å². The molecule has 0 saturated carbocycles. The second kappa shape index (κ2) is 6.16. The van der Waals surface area contributed by atoms with E-state index in [-0.39, 0.29) is 13.2 Å². The maximum atomic E-state index is 12.1. The first kappa shape index (κ1) is 16.3. The Hall–Kier alpha value is -0.710. The fourth-order valence-electron chi connectivity index (χ4n) is 1.35. The van der Waals surface area contributed by atoms with Crippen LogP contribution in [0.3, 0.4) is 0 Å². The summed E-state index contributed by atoms with van der Waals surface area (Å²) in [5, 5.41) is 9.09. The van der Waals surface area contributed by atoms with Crippen LogP contribution in [-0.4, -0.2) is 23.2 Å². The molecule has 1 rings (SSSR count). The normalized spacial score (nSPS) is 16.9. The molecule has 0 aliphatic carbocycles. The first-order valence-electron chi connectivity index (χ1n) is 6.08. The van der Waals surface area contributed by atoms with Crippen molar-refractivity contribution in [3.8, 4) is 0 Å². The first-order chi connectivity index (χ1) is 8.68. The van der Waals surface area contributed by atoms with E-state index in [0.717, 1.165) is 5.56 Å². The number of aliphatic hydroxyl groups is 1. The van der Waals surface area contributed by atoms with E-state index in [1.807, 2.05) is 19.1 Å². The number of aliphatic hydroxyl groups excluding tert-OH is 1. The van der Waals surface area contributed by atoms with Crippen LogP contribution in [-0.2, 0) is 9.09 Å². The summed E-state index contributed by atoms with van der Waals surface area (Å²) in [7, 11) is -3.96. The summed E-state index contributed by atoms with van der Waals surface area (Å²) in [5.74, 6) is -1.08.